The number of aryl methyl sites for hydroxylation is 1. The van der Waals surface area contributed by atoms with Crippen molar-refractivity contribution in [3.8, 4) is 11.4 Å². The third-order valence-electron chi connectivity index (χ3n) is 5.23. The maximum atomic E-state index is 6.11. The zero-order chi connectivity index (χ0) is 17.1. The Hall–Kier alpha value is -1.76. The molecule has 25 heavy (non-hydrogen) atoms. The molecular weight excluding hydrogens is 318 g/mol. The van der Waals surface area contributed by atoms with E-state index in [-0.39, 0.29) is 5.60 Å². The van der Waals surface area contributed by atoms with E-state index >= 15 is 0 Å². The van der Waals surface area contributed by atoms with Crippen LogP contribution in [0.25, 0.3) is 11.4 Å². The van der Waals surface area contributed by atoms with Gasteiger partial charge in [-0.2, -0.15) is 4.98 Å². The van der Waals surface area contributed by atoms with Crippen molar-refractivity contribution in [2.75, 3.05) is 19.8 Å². The molecule has 6 nitrogen and oxygen atoms in total. The van der Waals surface area contributed by atoms with Gasteiger partial charge in [-0.1, -0.05) is 29.4 Å². The molecular formula is C19H25N3O3. The van der Waals surface area contributed by atoms with Crippen LogP contribution in [0.1, 0.15) is 37.1 Å². The van der Waals surface area contributed by atoms with E-state index in [1.54, 1.807) is 6.92 Å². The third-order valence-corrected chi connectivity index (χ3v) is 5.23. The Morgan fingerprint density at radius 3 is 2.68 bits per heavy atom. The summed E-state index contributed by atoms with van der Waals surface area (Å²) in [5, 5.41) is 7.66. The molecule has 0 amide bonds. The van der Waals surface area contributed by atoms with Crippen LogP contribution >= 0.6 is 0 Å². The first-order chi connectivity index (χ1) is 12.2. The van der Waals surface area contributed by atoms with E-state index in [1.807, 2.05) is 12.1 Å². The fourth-order valence-electron chi connectivity index (χ4n) is 3.74. The average molecular weight is 343 g/mol. The molecule has 3 heterocycles. The SMILES string of the molecule is Cc1nc(-c2ccc(CN[C@H]3CCOC4(CCOCC4)C3)cc2)no1. The second-order valence-electron chi connectivity index (χ2n) is 7.05. The molecule has 1 atom stereocenters. The summed E-state index contributed by atoms with van der Waals surface area (Å²) in [6.45, 7) is 5.15. The lowest BCUT2D eigenvalue weighted by Crippen LogP contribution is -2.49. The van der Waals surface area contributed by atoms with Crippen LogP contribution in [0.15, 0.2) is 28.8 Å². The number of benzene rings is 1. The molecule has 6 heteroatoms. The quantitative estimate of drug-likeness (QED) is 0.920. The molecule has 1 aromatic heterocycles. The minimum Gasteiger partial charge on any atom is -0.381 e. The second-order valence-corrected chi connectivity index (χ2v) is 7.05. The van der Waals surface area contributed by atoms with Gasteiger partial charge in [-0.3, -0.25) is 0 Å². The van der Waals surface area contributed by atoms with Crippen LogP contribution in [0.2, 0.25) is 0 Å². The van der Waals surface area contributed by atoms with E-state index < -0.39 is 0 Å². The number of nitrogens with one attached hydrogen (secondary N) is 1. The van der Waals surface area contributed by atoms with Crippen LogP contribution in [-0.4, -0.2) is 41.6 Å². The molecule has 2 aliphatic rings. The summed E-state index contributed by atoms with van der Waals surface area (Å²) in [5.41, 5.74) is 2.28. The van der Waals surface area contributed by atoms with Crippen molar-refractivity contribution in [2.24, 2.45) is 0 Å². The number of aromatic nitrogens is 2. The van der Waals surface area contributed by atoms with Gasteiger partial charge in [0.15, 0.2) is 0 Å². The summed E-state index contributed by atoms with van der Waals surface area (Å²) in [6, 6.07) is 8.84. The van der Waals surface area contributed by atoms with Crippen LogP contribution in [0, 0.1) is 6.92 Å². The Kier molecular flexibility index (Phi) is 4.83. The van der Waals surface area contributed by atoms with Crippen molar-refractivity contribution in [3.63, 3.8) is 0 Å². The van der Waals surface area contributed by atoms with E-state index in [4.69, 9.17) is 14.0 Å². The number of hydrogen-bond donors (Lipinski definition) is 1. The fraction of sp³-hybridized carbons (Fsp3) is 0.579. The lowest BCUT2D eigenvalue weighted by atomic mass is 9.84. The van der Waals surface area contributed by atoms with E-state index in [2.05, 4.69) is 27.6 Å². The summed E-state index contributed by atoms with van der Waals surface area (Å²) >= 11 is 0. The monoisotopic (exact) mass is 343 g/mol. The van der Waals surface area contributed by atoms with Crippen LogP contribution in [0.4, 0.5) is 0 Å². The van der Waals surface area contributed by atoms with Gasteiger partial charge < -0.3 is 19.3 Å². The van der Waals surface area contributed by atoms with E-state index in [0.717, 1.165) is 57.6 Å². The standard InChI is InChI=1S/C19H25N3O3/c1-14-21-18(22-25-14)16-4-2-15(3-5-16)13-20-17-6-9-24-19(12-17)7-10-23-11-8-19/h2-5,17,20H,6-13H2,1H3/t17-/m0/s1. The first-order valence-electron chi connectivity index (χ1n) is 9.07. The van der Waals surface area contributed by atoms with Crippen molar-refractivity contribution in [3.05, 3.63) is 35.7 Å². The molecule has 0 unspecified atom stereocenters. The normalized spacial score (nSPS) is 23.0. The minimum atomic E-state index is 0.0362. The summed E-state index contributed by atoms with van der Waals surface area (Å²) < 4.78 is 16.6. The maximum Gasteiger partial charge on any atom is 0.223 e. The highest BCUT2D eigenvalue weighted by Gasteiger charge is 2.38. The molecule has 0 aliphatic carbocycles. The molecule has 2 aromatic rings. The number of ether oxygens (including phenoxy) is 2. The summed E-state index contributed by atoms with van der Waals surface area (Å²) in [5.74, 6) is 1.23. The highest BCUT2D eigenvalue weighted by Crippen LogP contribution is 2.34. The molecule has 1 N–H and O–H groups in total. The Morgan fingerprint density at radius 2 is 1.96 bits per heavy atom. The second kappa shape index (κ2) is 7.23. The van der Waals surface area contributed by atoms with Gasteiger partial charge in [0.1, 0.15) is 0 Å². The minimum absolute atomic E-state index is 0.0362. The first kappa shape index (κ1) is 16.7. The Morgan fingerprint density at radius 1 is 1.16 bits per heavy atom. The molecule has 4 rings (SSSR count). The molecule has 2 fully saturated rings. The number of nitrogens with zero attached hydrogens (tertiary/aromatic N) is 2. The van der Waals surface area contributed by atoms with Crippen LogP contribution in [0.5, 0.6) is 0 Å². The summed E-state index contributed by atoms with van der Waals surface area (Å²) in [4.78, 5) is 4.26. The molecule has 1 spiro atoms. The summed E-state index contributed by atoms with van der Waals surface area (Å²) in [6.07, 6.45) is 4.19. The van der Waals surface area contributed by atoms with Crippen LogP contribution < -0.4 is 5.32 Å². The van der Waals surface area contributed by atoms with Crippen molar-refractivity contribution in [1.29, 1.82) is 0 Å². The van der Waals surface area contributed by atoms with Gasteiger partial charge in [0, 0.05) is 44.9 Å². The Bertz CT molecular complexity index is 687. The highest BCUT2D eigenvalue weighted by atomic mass is 16.5. The molecule has 2 aliphatic heterocycles. The van der Waals surface area contributed by atoms with Gasteiger partial charge in [0.2, 0.25) is 11.7 Å². The van der Waals surface area contributed by atoms with Gasteiger partial charge >= 0.3 is 0 Å². The van der Waals surface area contributed by atoms with Crippen LogP contribution in [-0.2, 0) is 16.0 Å². The van der Waals surface area contributed by atoms with Crippen molar-refractivity contribution >= 4 is 0 Å². The van der Waals surface area contributed by atoms with Gasteiger partial charge in [-0.15, -0.1) is 0 Å². The van der Waals surface area contributed by atoms with Crippen molar-refractivity contribution < 1.29 is 14.0 Å². The zero-order valence-electron chi connectivity index (χ0n) is 14.7. The predicted octanol–water partition coefficient (Wildman–Crippen LogP) is 2.86. The summed E-state index contributed by atoms with van der Waals surface area (Å²) in [7, 11) is 0. The third kappa shape index (κ3) is 3.92. The number of rotatable bonds is 4. The van der Waals surface area contributed by atoms with Gasteiger partial charge in [0.25, 0.3) is 0 Å². The molecule has 1 aromatic carbocycles. The number of hydrogen-bond acceptors (Lipinski definition) is 6. The fourth-order valence-corrected chi connectivity index (χ4v) is 3.74. The van der Waals surface area contributed by atoms with Crippen LogP contribution in [0.3, 0.4) is 0 Å². The molecule has 2 saturated heterocycles. The highest BCUT2D eigenvalue weighted by molar-refractivity contribution is 5.54. The van der Waals surface area contributed by atoms with Gasteiger partial charge in [-0.05, 0) is 31.2 Å². The Labute approximate surface area is 147 Å². The molecule has 0 bridgehead atoms. The molecule has 0 radical (unpaired) electrons. The first-order valence-corrected chi connectivity index (χ1v) is 9.07. The molecule has 0 saturated carbocycles. The smallest absolute Gasteiger partial charge is 0.223 e. The lowest BCUT2D eigenvalue weighted by molar-refractivity contribution is -0.140. The Balaban J connectivity index is 1.33. The zero-order valence-corrected chi connectivity index (χ0v) is 14.7. The average Bonchev–Trinajstić information content (AvgIpc) is 3.08. The van der Waals surface area contributed by atoms with Gasteiger partial charge in [-0.25, -0.2) is 0 Å². The van der Waals surface area contributed by atoms with Gasteiger partial charge in [0.05, 0.1) is 5.60 Å². The van der Waals surface area contributed by atoms with E-state index in [9.17, 15) is 0 Å². The van der Waals surface area contributed by atoms with Crippen molar-refractivity contribution in [1.82, 2.24) is 15.5 Å². The predicted molar refractivity (Wildman–Crippen MR) is 93.1 cm³/mol. The maximum absolute atomic E-state index is 6.11. The molecule has 134 valence electrons. The lowest BCUT2D eigenvalue weighted by Gasteiger charge is -2.43. The largest absolute Gasteiger partial charge is 0.381 e. The van der Waals surface area contributed by atoms with E-state index in [0.29, 0.717) is 17.8 Å². The van der Waals surface area contributed by atoms with Crippen molar-refractivity contribution in [2.45, 2.75) is 50.8 Å². The topological polar surface area (TPSA) is 69.4 Å². The van der Waals surface area contributed by atoms with E-state index in [1.165, 1.54) is 5.56 Å².